The van der Waals surface area contributed by atoms with Crippen LogP contribution in [0.2, 0.25) is 0 Å². The summed E-state index contributed by atoms with van der Waals surface area (Å²) in [6, 6.07) is 91.0. The number of hydrogen-bond acceptors (Lipinski definition) is 8. The SMILES string of the molecule is c1ccc(C(c2ccccc2)N2CCN(CC(CN3CCN(C(c4ccccc4)c4ccccc4)CC3)(CN3CCN(C(c4ccccc4)c4ccccc4)CC3)CN3CCN(C(c4ccccc4)c4ccccc4)CC3)CC2)cc1. The molecule has 8 nitrogen and oxygen atoms in total. The van der Waals surface area contributed by atoms with E-state index in [9.17, 15) is 0 Å². The first kappa shape index (κ1) is 55.0. The minimum absolute atomic E-state index is 0.00171. The van der Waals surface area contributed by atoms with E-state index < -0.39 is 0 Å². The van der Waals surface area contributed by atoms with Gasteiger partial charge in [0.25, 0.3) is 0 Å². The number of nitrogens with zero attached hydrogens (tertiary/aromatic N) is 8. The van der Waals surface area contributed by atoms with Crippen molar-refractivity contribution in [3.63, 3.8) is 0 Å². The molecule has 0 radical (unpaired) electrons. The standard InChI is InChI=1S/C73H84N8/c1-9-25-61(26-10-1)69(62-27-11-2-12-28-62)78-49-41-74(42-50-78)57-73(58-75-43-51-79(52-44-75)70(63-29-13-3-14-30-63)64-31-15-4-16-32-64,59-76-45-53-80(54-46-76)71(65-33-17-5-18-34-65)66-35-19-6-20-36-66)60-77-47-55-81(56-48-77)72(67-37-21-7-22-38-67)68-39-23-8-24-40-68/h1-40,69-72H,41-60H2. The van der Waals surface area contributed by atoms with Gasteiger partial charge in [-0.3, -0.25) is 19.6 Å². The van der Waals surface area contributed by atoms with Crippen LogP contribution in [0.15, 0.2) is 243 Å². The molecule has 0 aliphatic carbocycles. The number of benzene rings is 8. The Morgan fingerprint density at radius 1 is 0.198 bits per heavy atom. The molecule has 0 unspecified atom stereocenters. The summed E-state index contributed by atoms with van der Waals surface area (Å²) in [6.45, 7) is 21.2. The Morgan fingerprint density at radius 2 is 0.333 bits per heavy atom. The highest BCUT2D eigenvalue weighted by Gasteiger charge is 2.42. The fourth-order valence-electron chi connectivity index (χ4n) is 14.5. The monoisotopic (exact) mass is 1070 g/mol. The molecule has 0 bridgehead atoms. The summed E-state index contributed by atoms with van der Waals surface area (Å²) in [7, 11) is 0. The lowest BCUT2D eigenvalue weighted by molar-refractivity contribution is -0.0236. The molecule has 4 aliphatic rings. The van der Waals surface area contributed by atoms with Crippen LogP contribution in [0.4, 0.5) is 0 Å². The molecule has 0 spiro atoms. The van der Waals surface area contributed by atoms with Crippen molar-refractivity contribution in [1.29, 1.82) is 0 Å². The summed E-state index contributed by atoms with van der Waals surface area (Å²) in [5.41, 5.74) is 11.1. The van der Waals surface area contributed by atoms with Crippen LogP contribution in [0.3, 0.4) is 0 Å². The Kier molecular flexibility index (Phi) is 18.3. The molecule has 4 aliphatic heterocycles. The largest absolute Gasteiger partial charge is 0.300 e. The summed E-state index contributed by atoms with van der Waals surface area (Å²) < 4.78 is 0. The second-order valence-corrected chi connectivity index (χ2v) is 23.6. The van der Waals surface area contributed by atoms with Crippen molar-refractivity contribution in [1.82, 2.24) is 39.2 Å². The molecule has 0 saturated carbocycles. The molecule has 416 valence electrons. The van der Waals surface area contributed by atoms with E-state index >= 15 is 0 Å². The average molecular weight is 1070 g/mol. The fraction of sp³-hybridized carbons (Fsp3) is 0.342. The van der Waals surface area contributed by atoms with Gasteiger partial charge < -0.3 is 19.6 Å². The van der Waals surface area contributed by atoms with Crippen LogP contribution in [0.5, 0.6) is 0 Å². The zero-order valence-corrected chi connectivity index (χ0v) is 47.6. The summed E-state index contributed by atoms with van der Waals surface area (Å²) in [6.07, 6.45) is 0. The van der Waals surface area contributed by atoms with Gasteiger partial charge in [-0.05, 0) is 44.5 Å². The Morgan fingerprint density at radius 3 is 0.469 bits per heavy atom. The molecule has 4 saturated heterocycles. The minimum Gasteiger partial charge on any atom is -0.300 e. The normalized spacial score (nSPS) is 18.3. The molecule has 0 amide bonds. The Balaban J connectivity index is 0.841. The van der Waals surface area contributed by atoms with Gasteiger partial charge in [-0.2, -0.15) is 0 Å². The van der Waals surface area contributed by atoms with Crippen LogP contribution in [-0.2, 0) is 0 Å². The number of piperazine rings is 4. The molecular weight excluding hydrogens is 989 g/mol. The molecule has 12 rings (SSSR count). The molecule has 8 aromatic carbocycles. The van der Waals surface area contributed by atoms with Crippen LogP contribution in [0.25, 0.3) is 0 Å². The average Bonchev–Trinajstić information content (AvgIpc) is 3.55. The lowest BCUT2D eigenvalue weighted by Gasteiger charge is -2.51. The number of rotatable bonds is 20. The maximum atomic E-state index is 2.90. The van der Waals surface area contributed by atoms with Gasteiger partial charge >= 0.3 is 0 Å². The maximum absolute atomic E-state index is 2.90. The molecule has 0 aromatic heterocycles. The summed E-state index contributed by atoms with van der Waals surface area (Å²) >= 11 is 0. The van der Waals surface area contributed by atoms with Gasteiger partial charge in [-0.15, -0.1) is 0 Å². The van der Waals surface area contributed by atoms with Crippen molar-refractivity contribution in [2.45, 2.75) is 24.2 Å². The van der Waals surface area contributed by atoms with E-state index in [0.717, 1.165) is 131 Å². The summed E-state index contributed by atoms with van der Waals surface area (Å²) in [4.78, 5) is 22.7. The summed E-state index contributed by atoms with van der Waals surface area (Å²) in [5, 5.41) is 0. The smallest absolute Gasteiger partial charge is 0.0602 e. The van der Waals surface area contributed by atoms with Crippen molar-refractivity contribution in [2.75, 3.05) is 131 Å². The predicted molar refractivity (Wildman–Crippen MR) is 333 cm³/mol. The Bertz CT molecular complexity index is 2470. The third-order valence-electron chi connectivity index (χ3n) is 18.2. The predicted octanol–water partition coefficient (Wildman–Crippen LogP) is 11.6. The van der Waals surface area contributed by atoms with Gasteiger partial charge in [0.2, 0.25) is 0 Å². The Hall–Kier alpha value is -6.56. The van der Waals surface area contributed by atoms with E-state index in [1.807, 2.05) is 0 Å². The van der Waals surface area contributed by atoms with Gasteiger partial charge in [0, 0.05) is 136 Å². The highest BCUT2D eigenvalue weighted by molar-refractivity contribution is 5.36. The van der Waals surface area contributed by atoms with E-state index in [4.69, 9.17) is 0 Å². The van der Waals surface area contributed by atoms with Crippen LogP contribution in [0, 0.1) is 5.41 Å². The first-order chi connectivity index (χ1) is 40.1. The van der Waals surface area contributed by atoms with E-state index in [0.29, 0.717) is 0 Å². The van der Waals surface area contributed by atoms with E-state index in [1.54, 1.807) is 0 Å². The Labute approximate surface area is 484 Å². The molecule has 81 heavy (non-hydrogen) atoms. The van der Waals surface area contributed by atoms with Crippen molar-refractivity contribution in [2.24, 2.45) is 5.41 Å². The molecule has 8 heteroatoms. The minimum atomic E-state index is 0.00171. The fourth-order valence-corrected chi connectivity index (χ4v) is 14.5. The quantitative estimate of drug-likeness (QED) is 0.0745. The second-order valence-electron chi connectivity index (χ2n) is 23.6. The molecule has 0 N–H and O–H groups in total. The first-order valence-electron chi connectivity index (χ1n) is 30.4. The highest BCUT2D eigenvalue weighted by atomic mass is 15.3. The van der Waals surface area contributed by atoms with Crippen LogP contribution in [0.1, 0.15) is 68.7 Å². The molecular formula is C73H84N8. The van der Waals surface area contributed by atoms with Crippen molar-refractivity contribution < 1.29 is 0 Å². The molecule has 4 fully saturated rings. The van der Waals surface area contributed by atoms with Crippen LogP contribution >= 0.6 is 0 Å². The summed E-state index contributed by atoms with van der Waals surface area (Å²) in [5.74, 6) is 0. The van der Waals surface area contributed by atoms with E-state index in [2.05, 4.69) is 282 Å². The van der Waals surface area contributed by atoms with E-state index in [1.165, 1.54) is 44.5 Å². The number of hydrogen-bond donors (Lipinski definition) is 0. The van der Waals surface area contributed by atoms with Crippen molar-refractivity contribution >= 4 is 0 Å². The lowest BCUT2D eigenvalue weighted by Crippen LogP contribution is -2.63. The molecule has 4 heterocycles. The van der Waals surface area contributed by atoms with Crippen molar-refractivity contribution in [3.05, 3.63) is 287 Å². The highest BCUT2D eigenvalue weighted by Crippen LogP contribution is 2.37. The third-order valence-corrected chi connectivity index (χ3v) is 18.2. The lowest BCUT2D eigenvalue weighted by atomic mass is 9.83. The second kappa shape index (κ2) is 27.0. The zero-order chi connectivity index (χ0) is 54.5. The van der Waals surface area contributed by atoms with Gasteiger partial charge in [0.1, 0.15) is 0 Å². The molecule has 8 aromatic rings. The topological polar surface area (TPSA) is 25.9 Å². The van der Waals surface area contributed by atoms with Gasteiger partial charge in [0.05, 0.1) is 24.2 Å². The van der Waals surface area contributed by atoms with Gasteiger partial charge in [-0.1, -0.05) is 243 Å². The van der Waals surface area contributed by atoms with Crippen LogP contribution in [-0.4, -0.2) is 170 Å². The zero-order valence-electron chi connectivity index (χ0n) is 47.6. The van der Waals surface area contributed by atoms with E-state index in [-0.39, 0.29) is 29.6 Å². The van der Waals surface area contributed by atoms with Crippen LogP contribution < -0.4 is 0 Å². The van der Waals surface area contributed by atoms with Gasteiger partial charge in [0.15, 0.2) is 0 Å². The van der Waals surface area contributed by atoms with Gasteiger partial charge in [-0.25, -0.2) is 0 Å². The molecule has 0 atom stereocenters. The van der Waals surface area contributed by atoms with Crippen molar-refractivity contribution in [3.8, 4) is 0 Å². The third kappa shape index (κ3) is 13.7. The first-order valence-corrected chi connectivity index (χ1v) is 30.4. The maximum Gasteiger partial charge on any atom is 0.0602 e.